The maximum atomic E-state index is 13.9. The summed E-state index contributed by atoms with van der Waals surface area (Å²) >= 11 is 0. The number of aromatic nitrogens is 2. The molecule has 3 heterocycles. The highest BCUT2D eigenvalue weighted by atomic mass is 19.4. The number of anilines is 1. The van der Waals surface area contributed by atoms with E-state index < -0.39 is 12.2 Å². The zero-order chi connectivity index (χ0) is 23.9. The Balaban J connectivity index is 1.44. The second kappa shape index (κ2) is 8.91. The molecule has 3 atom stereocenters. The summed E-state index contributed by atoms with van der Waals surface area (Å²) in [5.74, 6) is -0.295. The maximum absolute atomic E-state index is 13.9. The first-order chi connectivity index (χ1) is 16.3. The molecule has 1 saturated heterocycles. The summed E-state index contributed by atoms with van der Waals surface area (Å²) in [5.41, 5.74) is 3.38. The van der Waals surface area contributed by atoms with E-state index in [4.69, 9.17) is 0 Å². The van der Waals surface area contributed by atoms with Crippen LogP contribution in [0.15, 0.2) is 66.9 Å². The van der Waals surface area contributed by atoms with E-state index in [-0.39, 0.29) is 36.5 Å². The second-order valence-corrected chi connectivity index (χ2v) is 9.28. The molecule has 5 nitrogen and oxygen atoms in total. The van der Waals surface area contributed by atoms with Crippen molar-refractivity contribution in [2.75, 3.05) is 24.5 Å². The summed E-state index contributed by atoms with van der Waals surface area (Å²) in [7, 11) is 0. The van der Waals surface area contributed by atoms with Gasteiger partial charge >= 0.3 is 6.18 Å². The zero-order valence-electron chi connectivity index (χ0n) is 18.9. The minimum absolute atomic E-state index is 0.0322. The Kier molecular flexibility index (Phi) is 5.93. The van der Waals surface area contributed by atoms with Gasteiger partial charge in [0.25, 0.3) is 0 Å². The predicted octanol–water partition coefficient (Wildman–Crippen LogP) is 4.95. The molecule has 8 heteroatoms. The molecule has 0 saturated carbocycles. The number of nitrogens with zero attached hydrogens (tertiary/aromatic N) is 4. The van der Waals surface area contributed by atoms with Crippen LogP contribution in [0.5, 0.6) is 0 Å². The van der Waals surface area contributed by atoms with E-state index in [1.165, 1.54) is 22.7 Å². The molecule has 2 aliphatic rings. The first kappa shape index (κ1) is 22.7. The van der Waals surface area contributed by atoms with Gasteiger partial charge in [0.05, 0.1) is 12.1 Å². The topological polar surface area (TPSA) is 41.4 Å². The van der Waals surface area contributed by atoms with E-state index in [9.17, 15) is 18.0 Å². The smallest absolute Gasteiger partial charge is 0.298 e. The fraction of sp³-hybridized carbons (Fsp3) is 0.385. The molecule has 5 rings (SSSR count). The average Bonchev–Trinajstić information content (AvgIpc) is 3.45. The van der Waals surface area contributed by atoms with Crippen molar-refractivity contribution in [3.8, 4) is 0 Å². The van der Waals surface area contributed by atoms with E-state index in [1.54, 1.807) is 0 Å². The predicted molar refractivity (Wildman–Crippen MR) is 123 cm³/mol. The van der Waals surface area contributed by atoms with Gasteiger partial charge < -0.3 is 0 Å². The summed E-state index contributed by atoms with van der Waals surface area (Å²) in [4.78, 5) is 17.6. The molecule has 0 spiro atoms. The van der Waals surface area contributed by atoms with Gasteiger partial charge in [0, 0.05) is 38.2 Å². The Bertz CT molecular complexity index is 1160. The fourth-order valence-electron chi connectivity index (χ4n) is 5.32. The normalized spacial score (nSPS) is 23.2. The molecule has 0 radical (unpaired) electrons. The number of fused-ring (bicyclic) bond motifs is 1. The number of amides is 1. The van der Waals surface area contributed by atoms with E-state index in [0.29, 0.717) is 13.1 Å². The van der Waals surface area contributed by atoms with E-state index >= 15 is 0 Å². The molecular formula is C26H27F3N4O. The molecular weight excluding hydrogens is 441 g/mol. The van der Waals surface area contributed by atoms with Gasteiger partial charge in [0.1, 0.15) is 5.82 Å². The average molecular weight is 469 g/mol. The third kappa shape index (κ3) is 4.34. The number of carbonyl (C=O) groups is 1. The lowest BCUT2D eigenvalue weighted by Gasteiger charge is -2.35. The summed E-state index contributed by atoms with van der Waals surface area (Å²) < 4.78 is 41.6. The maximum Gasteiger partial charge on any atom is 0.410 e. The molecule has 1 aromatic heterocycles. The highest BCUT2D eigenvalue weighted by molar-refractivity contribution is 5.95. The Hall–Kier alpha value is -3.13. The van der Waals surface area contributed by atoms with Crippen LogP contribution in [0.4, 0.5) is 19.0 Å². The van der Waals surface area contributed by atoms with E-state index in [0.717, 1.165) is 22.4 Å². The second-order valence-electron chi connectivity index (χ2n) is 9.28. The fourth-order valence-corrected chi connectivity index (χ4v) is 5.32. The van der Waals surface area contributed by atoms with Gasteiger partial charge in [-0.15, -0.1) is 0 Å². The van der Waals surface area contributed by atoms with Crippen molar-refractivity contribution in [1.29, 1.82) is 0 Å². The summed E-state index contributed by atoms with van der Waals surface area (Å²) in [6, 6.07) is 18.1. The number of halogens is 3. The van der Waals surface area contributed by atoms with Crippen LogP contribution in [-0.4, -0.2) is 46.4 Å². The monoisotopic (exact) mass is 468 g/mol. The zero-order valence-corrected chi connectivity index (χ0v) is 18.9. The SMILES string of the molecule is Cc1cccc([C@@H]2CN(Cc3ccccc3)C[C@H]2C(=O)N2CCC(C(F)(F)F)n3nccc32)c1. The van der Waals surface area contributed by atoms with Crippen LogP contribution in [0.25, 0.3) is 0 Å². The Morgan fingerprint density at radius 2 is 1.85 bits per heavy atom. The standard InChI is InChI=1S/C26H27F3N4O/c1-18-6-5-9-20(14-18)21-16-31(15-19-7-3-2-4-8-19)17-22(21)25(34)32-13-11-23(26(27,28)29)33-24(32)10-12-30-33/h2-10,12,14,21-23H,11,13,15-17H2,1H3/t21-,22+,23?/m0/s1. The minimum atomic E-state index is -4.40. The molecule has 2 aliphatic heterocycles. The van der Waals surface area contributed by atoms with Crippen molar-refractivity contribution >= 4 is 11.7 Å². The molecule has 1 fully saturated rings. The van der Waals surface area contributed by atoms with Crippen LogP contribution in [0.1, 0.15) is 35.1 Å². The number of hydrogen-bond acceptors (Lipinski definition) is 3. The van der Waals surface area contributed by atoms with Gasteiger partial charge in [-0.2, -0.15) is 18.3 Å². The number of benzene rings is 2. The third-order valence-corrected chi connectivity index (χ3v) is 6.92. The number of alkyl halides is 3. The van der Waals surface area contributed by atoms with Crippen molar-refractivity contribution < 1.29 is 18.0 Å². The Morgan fingerprint density at radius 1 is 1.06 bits per heavy atom. The molecule has 178 valence electrons. The number of aryl methyl sites for hydroxylation is 1. The van der Waals surface area contributed by atoms with Crippen molar-refractivity contribution in [2.45, 2.75) is 38.0 Å². The third-order valence-electron chi connectivity index (χ3n) is 6.92. The van der Waals surface area contributed by atoms with Crippen LogP contribution in [0.2, 0.25) is 0 Å². The highest BCUT2D eigenvalue weighted by Gasteiger charge is 2.48. The minimum Gasteiger partial charge on any atom is -0.298 e. The van der Waals surface area contributed by atoms with Crippen LogP contribution in [0.3, 0.4) is 0 Å². The molecule has 2 aromatic carbocycles. The molecule has 0 bridgehead atoms. The first-order valence-electron chi connectivity index (χ1n) is 11.6. The van der Waals surface area contributed by atoms with Crippen molar-refractivity contribution in [1.82, 2.24) is 14.7 Å². The van der Waals surface area contributed by atoms with E-state index in [2.05, 4.69) is 28.2 Å². The van der Waals surface area contributed by atoms with Crippen molar-refractivity contribution in [3.05, 3.63) is 83.6 Å². The highest BCUT2D eigenvalue weighted by Crippen LogP contribution is 2.41. The molecule has 1 amide bonds. The Labute approximate surface area is 196 Å². The molecule has 34 heavy (non-hydrogen) atoms. The van der Waals surface area contributed by atoms with Crippen LogP contribution in [-0.2, 0) is 11.3 Å². The van der Waals surface area contributed by atoms with Crippen LogP contribution >= 0.6 is 0 Å². The van der Waals surface area contributed by atoms with E-state index in [1.807, 2.05) is 43.3 Å². The van der Waals surface area contributed by atoms with Gasteiger partial charge in [0.15, 0.2) is 6.04 Å². The summed E-state index contributed by atoms with van der Waals surface area (Å²) in [5, 5.41) is 3.92. The number of rotatable bonds is 4. The number of carbonyl (C=O) groups excluding carboxylic acids is 1. The van der Waals surface area contributed by atoms with Gasteiger partial charge in [-0.05, 0) is 24.5 Å². The quantitative estimate of drug-likeness (QED) is 0.544. The van der Waals surface area contributed by atoms with Gasteiger partial charge in [-0.3, -0.25) is 14.6 Å². The number of hydrogen-bond donors (Lipinski definition) is 0. The summed E-state index contributed by atoms with van der Waals surface area (Å²) in [6.07, 6.45) is -3.26. The van der Waals surface area contributed by atoms with Gasteiger partial charge in [-0.1, -0.05) is 60.2 Å². The van der Waals surface area contributed by atoms with Gasteiger partial charge in [-0.25, -0.2) is 4.68 Å². The molecule has 3 aromatic rings. The molecule has 0 N–H and O–H groups in total. The van der Waals surface area contributed by atoms with Crippen molar-refractivity contribution in [2.24, 2.45) is 5.92 Å². The molecule has 0 aliphatic carbocycles. The van der Waals surface area contributed by atoms with Crippen molar-refractivity contribution in [3.63, 3.8) is 0 Å². The lowest BCUT2D eigenvalue weighted by molar-refractivity contribution is -0.173. The molecule has 1 unspecified atom stereocenters. The van der Waals surface area contributed by atoms with Crippen LogP contribution in [0, 0.1) is 12.8 Å². The largest absolute Gasteiger partial charge is 0.410 e. The first-order valence-corrected chi connectivity index (χ1v) is 11.6. The van der Waals surface area contributed by atoms with Gasteiger partial charge in [0.2, 0.25) is 5.91 Å². The van der Waals surface area contributed by atoms with Crippen LogP contribution < -0.4 is 4.90 Å². The Morgan fingerprint density at radius 3 is 2.59 bits per heavy atom. The number of likely N-dealkylation sites (tertiary alicyclic amines) is 1. The summed E-state index contributed by atoms with van der Waals surface area (Å²) in [6.45, 7) is 4.05. The lowest BCUT2D eigenvalue weighted by Crippen LogP contribution is -2.46. The lowest BCUT2D eigenvalue weighted by atomic mass is 9.87.